The lowest BCUT2D eigenvalue weighted by molar-refractivity contribution is 0.102. The van der Waals surface area contributed by atoms with Gasteiger partial charge in [-0.3, -0.25) is 4.79 Å². The fourth-order valence-corrected chi connectivity index (χ4v) is 2.79. The highest BCUT2D eigenvalue weighted by Crippen LogP contribution is 2.29. The Kier molecular flexibility index (Phi) is 4.87. The number of oxazole rings is 1. The van der Waals surface area contributed by atoms with E-state index in [0.29, 0.717) is 23.0 Å². The van der Waals surface area contributed by atoms with Crippen LogP contribution in [0.15, 0.2) is 77.3 Å². The minimum atomic E-state index is -0.884. The van der Waals surface area contributed by atoms with Gasteiger partial charge in [-0.1, -0.05) is 12.1 Å². The monoisotopic (exact) mass is 394 g/mol. The van der Waals surface area contributed by atoms with Crippen molar-refractivity contribution in [3.8, 4) is 22.8 Å². The van der Waals surface area contributed by atoms with E-state index in [2.05, 4.69) is 10.3 Å². The standard InChI is InChI=1S/C22H13F3N2O2/c23-14-7-5-13(6-8-14)20-12-26-22(29-20)17-4-2-1-3-16(17)21(28)27-19-10-9-15(24)11-18(19)25/h1-12H,(H,27,28). The fourth-order valence-electron chi connectivity index (χ4n) is 2.79. The summed E-state index contributed by atoms with van der Waals surface area (Å²) < 4.78 is 45.8. The van der Waals surface area contributed by atoms with Gasteiger partial charge in [-0.05, 0) is 48.5 Å². The van der Waals surface area contributed by atoms with E-state index in [0.717, 1.165) is 12.1 Å². The lowest BCUT2D eigenvalue weighted by Crippen LogP contribution is -2.14. The molecule has 4 aromatic rings. The predicted molar refractivity (Wildman–Crippen MR) is 102 cm³/mol. The van der Waals surface area contributed by atoms with Crippen molar-refractivity contribution >= 4 is 11.6 Å². The van der Waals surface area contributed by atoms with Crippen LogP contribution in [-0.4, -0.2) is 10.9 Å². The molecular weight excluding hydrogens is 381 g/mol. The van der Waals surface area contributed by atoms with Crippen LogP contribution in [0, 0.1) is 17.5 Å². The van der Waals surface area contributed by atoms with Gasteiger partial charge in [0, 0.05) is 17.2 Å². The minimum Gasteiger partial charge on any atom is -0.436 e. The maximum atomic E-state index is 13.9. The van der Waals surface area contributed by atoms with Crippen molar-refractivity contribution in [1.82, 2.24) is 4.98 Å². The topological polar surface area (TPSA) is 55.1 Å². The average molecular weight is 394 g/mol. The molecule has 0 unspecified atom stereocenters. The number of carbonyl (C=O) groups excluding carboxylic acids is 1. The van der Waals surface area contributed by atoms with Crippen molar-refractivity contribution in [2.75, 3.05) is 5.32 Å². The third kappa shape index (κ3) is 3.89. The Morgan fingerprint density at radius 3 is 2.38 bits per heavy atom. The molecule has 0 atom stereocenters. The number of nitrogens with zero attached hydrogens (tertiary/aromatic N) is 1. The molecule has 7 heteroatoms. The minimum absolute atomic E-state index is 0.148. The molecule has 0 aliphatic carbocycles. The predicted octanol–water partition coefficient (Wildman–Crippen LogP) is 5.68. The molecule has 0 aliphatic rings. The molecule has 29 heavy (non-hydrogen) atoms. The van der Waals surface area contributed by atoms with Crippen LogP contribution >= 0.6 is 0 Å². The van der Waals surface area contributed by atoms with Crippen molar-refractivity contribution < 1.29 is 22.4 Å². The first-order valence-corrected chi connectivity index (χ1v) is 8.59. The normalized spacial score (nSPS) is 10.7. The second-order valence-corrected chi connectivity index (χ2v) is 6.16. The summed E-state index contributed by atoms with van der Waals surface area (Å²) in [6.07, 6.45) is 1.47. The third-order valence-corrected chi connectivity index (χ3v) is 4.22. The van der Waals surface area contributed by atoms with Crippen LogP contribution < -0.4 is 5.32 Å². The van der Waals surface area contributed by atoms with Gasteiger partial charge in [-0.15, -0.1) is 0 Å². The summed E-state index contributed by atoms with van der Waals surface area (Å²) >= 11 is 0. The molecule has 0 aliphatic heterocycles. The van der Waals surface area contributed by atoms with Crippen molar-refractivity contribution in [2.24, 2.45) is 0 Å². The maximum Gasteiger partial charge on any atom is 0.256 e. The van der Waals surface area contributed by atoms with Crippen molar-refractivity contribution in [1.29, 1.82) is 0 Å². The molecule has 3 aromatic carbocycles. The number of hydrogen-bond acceptors (Lipinski definition) is 3. The first-order valence-electron chi connectivity index (χ1n) is 8.59. The number of hydrogen-bond donors (Lipinski definition) is 1. The van der Waals surface area contributed by atoms with Gasteiger partial charge < -0.3 is 9.73 Å². The number of aromatic nitrogens is 1. The number of rotatable bonds is 4. The second-order valence-electron chi connectivity index (χ2n) is 6.16. The summed E-state index contributed by atoms with van der Waals surface area (Å²) in [6.45, 7) is 0. The molecule has 4 nitrogen and oxygen atoms in total. The Labute approximate surface area is 163 Å². The highest BCUT2D eigenvalue weighted by molar-refractivity contribution is 6.08. The summed E-state index contributed by atoms with van der Waals surface area (Å²) in [7, 11) is 0. The quantitative estimate of drug-likeness (QED) is 0.485. The Bertz CT molecular complexity index is 1190. The van der Waals surface area contributed by atoms with Gasteiger partial charge in [0.15, 0.2) is 5.76 Å². The van der Waals surface area contributed by atoms with E-state index in [4.69, 9.17) is 4.42 Å². The van der Waals surface area contributed by atoms with Crippen LogP contribution in [0.2, 0.25) is 0 Å². The summed E-state index contributed by atoms with van der Waals surface area (Å²) in [5.41, 5.74) is 1.07. The first-order chi connectivity index (χ1) is 14.0. The van der Waals surface area contributed by atoms with E-state index < -0.39 is 17.5 Å². The van der Waals surface area contributed by atoms with E-state index in [1.807, 2.05) is 0 Å². The molecule has 0 spiro atoms. The van der Waals surface area contributed by atoms with Crippen LogP contribution in [0.5, 0.6) is 0 Å². The largest absolute Gasteiger partial charge is 0.436 e. The van der Waals surface area contributed by atoms with Gasteiger partial charge in [0.1, 0.15) is 17.5 Å². The summed E-state index contributed by atoms with van der Waals surface area (Å²) in [4.78, 5) is 16.9. The number of benzene rings is 3. The van der Waals surface area contributed by atoms with Crippen LogP contribution in [0.4, 0.5) is 18.9 Å². The first kappa shape index (κ1) is 18.5. The molecule has 4 rings (SSSR count). The molecule has 1 heterocycles. The highest BCUT2D eigenvalue weighted by atomic mass is 19.1. The van der Waals surface area contributed by atoms with Crippen molar-refractivity contribution in [3.05, 3.63) is 95.9 Å². The molecule has 0 fully saturated rings. The number of nitrogens with one attached hydrogen (secondary N) is 1. The van der Waals surface area contributed by atoms with Gasteiger partial charge in [0.25, 0.3) is 5.91 Å². The molecule has 0 bridgehead atoms. The summed E-state index contributed by atoms with van der Waals surface area (Å²) in [5, 5.41) is 2.42. The van der Waals surface area contributed by atoms with Crippen LogP contribution in [-0.2, 0) is 0 Å². The van der Waals surface area contributed by atoms with Crippen molar-refractivity contribution in [3.63, 3.8) is 0 Å². The molecule has 1 amide bonds. The summed E-state index contributed by atoms with van der Waals surface area (Å²) in [6, 6.07) is 15.1. The van der Waals surface area contributed by atoms with Gasteiger partial charge in [0.2, 0.25) is 5.89 Å². The molecular formula is C22H13F3N2O2. The van der Waals surface area contributed by atoms with E-state index >= 15 is 0 Å². The molecule has 144 valence electrons. The summed E-state index contributed by atoms with van der Waals surface area (Å²) in [5.74, 6) is -2.02. The van der Waals surface area contributed by atoms with E-state index in [-0.39, 0.29) is 23.0 Å². The Morgan fingerprint density at radius 1 is 0.897 bits per heavy atom. The SMILES string of the molecule is O=C(Nc1ccc(F)cc1F)c1ccccc1-c1ncc(-c2ccc(F)cc2)o1. The van der Waals surface area contributed by atoms with Gasteiger partial charge in [0.05, 0.1) is 17.4 Å². The molecule has 0 saturated carbocycles. The highest BCUT2D eigenvalue weighted by Gasteiger charge is 2.18. The smallest absolute Gasteiger partial charge is 0.256 e. The van der Waals surface area contributed by atoms with E-state index in [1.54, 1.807) is 30.3 Å². The second kappa shape index (κ2) is 7.63. The van der Waals surface area contributed by atoms with Gasteiger partial charge >= 0.3 is 0 Å². The Morgan fingerprint density at radius 2 is 1.62 bits per heavy atom. The maximum absolute atomic E-state index is 13.9. The molecule has 1 aromatic heterocycles. The lowest BCUT2D eigenvalue weighted by atomic mass is 10.1. The Balaban J connectivity index is 1.65. The Hall–Kier alpha value is -3.87. The van der Waals surface area contributed by atoms with E-state index in [1.165, 1.54) is 24.4 Å². The fraction of sp³-hybridized carbons (Fsp3) is 0. The average Bonchev–Trinajstić information content (AvgIpc) is 3.20. The third-order valence-electron chi connectivity index (χ3n) is 4.22. The molecule has 1 N–H and O–H groups in total. The zero-order valence-electron chi connectivity index (χ0n) is 14.8. The number of halogens is 3. The number of amides is 1. The van der Waals surface area contributed by atoms with Gasteiger partial charge in [-0.25, -0.2) is 18.2 Å². The van der Waals surface area contributed by atoms with Gasteiger partial charge in [-0.2, -0.15) is 0 Å². The van der Waals surface area contributed by atoms with Crippen molar-refractivity contribution in [2.45, 2.75) is 0 Å². The number of anilines is 1. The van der Waals surface area contributed by atoms with E-state index in [9.17, 15) is 18.0 Å². The van der Waals surface area contributed by atoms with Crippen LogP contribution in [0.3, 0.4) is 0 Å². The van der Waals surface area contributed by atoms with Crippen LogP contribution in [0.1, 0.15) is 10.4 Å². The number of carbonyl (C=O) groups is 1. The van der Waals surface area contributed by atoms with Crippen LogP contribution in [0.25, 0.3) is 22.8 Å². The molecule has 0 radical (unpaired) electrons. The zero-order valence-corrected chi connectivity index (χ0v) is 14.8. The lowest BCUT2D eigenvalue weighted by Gasteiger charge is -2.09. The molecule has 0 saturated heterocycles. The zero-order chi connectivity index (χ0) is 20.4.